The maximum atomic E-state index is 13.8. The van der Waals surface area contributed by atoms with Crippen molar-refractivity contribution in [2.24, 2.45) is 0 Å². The lowest BCUT2D eigenvalue weighted by molar-refractivity contribution is 0.101. The van der Waals surface area contributed by atoms with Crippen LogP contribution < -0.4 is 0 Å². The Labute approximate surface area is 197 Å². The SMILES string of the molecule is COC(=O)N1CCC[C@H]1CN1CCC(c2nc(-n3nc(C)c4ccc(F)cc43)no2)CC1.Cl. The van der Waals surface area contributed by atoms with Crippen molar-refractivity contribution in [2.75, 3.05) is 33.3 Å². The highest BCUT2D eigenvalue weighted by Crippen LogP contribution is 2.29. The van der Waals surface area contributed by atoms with Gasteiger partial charge in [0, 0.05) is 36.5 Å². The molecule has 1 aromatic carbocycles. The summed E-state index contributed by atoms with van der Waals surface area (Å²) in [5.74, 6) is 0.760. The van der Waals surface area contributed by atoms with Crippen molar-refractivity contribution in [1.29, 1.82) is 0 Å². The van der Waals surface area contributed by atoms with E-state index in [4.69, 9.17) is 9.26 Å². The van der Waals surface area contributed by atoms with E-state index in [0.717, 1.165) is 62.9 Å². The van der Waals surface area contributed by atoms with Gasteiger partial charge in [0.25, 0.3) is 5.95 Å². The predicted octanol–water partition coefficient (Wildman–Crippen LogP) is 3.69. The molecule has 33 heavy (non-hydrogen) atoms. The van der Waals surface area contributed by atoms with Crippen LogP contribution in [0.1, 0.15) is 43.2 Å². The number of hydrogen-bond donors (Lipinski definition) is 0. The van der Waals surface area contributed by atoms with Crippen molar-refractivity contribution in [1.82, 2.24) is 29.7 Å². The number of piperidine rings is 1. The summed E-state index contributed by atoms with van der Waals surface area (Å²) < 4.78 is 25.8. The summed E-state index contributed by atoms with van der Waals surface area (Å²) in [5, 5.41) is 9.45. The molecule has 2 aliphatic heterocycles. The van der Waals surface area contributed by atoms with E-state index in [9.17, 15) is 9.18 Å². The molecule has 1 atom stereocenters. The first-order valence-electron chi connectivity index (χ1n) is 11.1. The number of methoxy groups -OCH3 is 1. The van der Waals surface area contributed by atoms with Gasteiger partial charge in [0.1, 0.15) is 5.82 Å². The van der Waals surface area contributed by atoms with Gasteiger partial charge in [-0.3, -0.25) is 0 Å². The Morgan fingerprint density at radius 2 is 2.03 bits per heavy atom. The Kier molecular flexibility index (Phi) is 6.85. The number of rotatable bonds is 4. The third-order valence-corrected chi connectivity index (χ3v) is 6.64. The number of halogens is 2. The number of ether oxygens (including phenoxy) is 1. The molecule has 11 heteroatoms. The van der Waals surface area contributed by atoms with Crippen LogP contribution >= 0.6 is 12.4 Å². The van der Waals surface area contributed by atoms with Gasteiger partial charge in [0.05, 0.1) is 18.3 Å². The molecule has 178 valence electrons. The first-order valence-corrected chi connectivity index (χ1v) is 11.1. The van der Waals surface area contributed by atoms with Gasteiger partial charge < -0.3 is 19.1 Å². The zero-order valence-corrected chi connectivity index (χ0v) is 19.6. The average Bonchev–Trinajstić information content (AvgIpc) is 3.53. The van der Waals surface area contributed by atoms with Crippen LogP contribution in [-0.2, 0) is 4.74 Å². The highest BCUT2D eigenvalue weighted by Gasteiger charge is 2.33. The summed E-state index contributed by atoms with van der Waals surface area (Å²) in [7, 11) is 1.44. The lowest BCUT2D eigenvalue weighted by Gasteiger charge is -2.34. The van der Waals surface area contributed by atoms with Gasteiger partial charge in [0.15, 0.2) is 0 Å². The number of carbonyl (C=O) groups is 1. The summed E-state index contributed by atoms with van der Waals surface area (Å²) in [6.45, 7) is 5.32. The molecule has 9 nitrogen and oxygen atoms in total. The molecule has 0 saturated carbocycles. The number of aryl methyl sites for hydroxylation is 1. The number of nitrogens with zero attached hydrogens (tertiary/aromatic N) is 6. The van der Waals surface area contributed by atoms with Crippen molar-refractivity contribution in [3.05, 3.63) is 35.6 Å². The van der Waals surface area contributed by atoms with Crippen LogP contribution in [0.25, 0.3) is 16.9 Å². The number of hydrogen-bond acceptors (Lipinski definition) is 7. The highest BCUT2D eigenvalue weighted by molar-refractivity contribution is 5.85. The molecule has 3 aromatic rings. The van der Waals surface area contributed by atoms with E-state index in [1.165, 1.54) is 23.9 Å². The van der Waals surface area contributed by atoms with Crippen molar-refractivity contribution in [3.8, 4) is 5.95 Å². The number of amides is 1. The first-order chi connectivity index (χ1) is 15.5. The number of fused-ring (bicyclic) bond motifs is 1. The summed E-state index contributed by atoms with van der Waals surface area (Å²) >= 11 is 0. The third-order valence-electron chi connectivity index (χ3n) is 6.64. The van der Waals surface area contributed by atoms with Gasteiger partial charge >= 0.3 is 6.09 Å². The summed E-state index contributed by atoms with van der Waals surface area (Å²) in [6, 6.07) is 4.79. The van der Waals surface area contributed by atoms with E-state index >= 15 is 0 Å². The van der Waals surface area contributed by atoms with Crippen LogP contribution in [0, 0.1) is 12.7 Å². The molecular formula is C22H28ClFN6O3. The van der Waals surface area contributed by atoms with Crippen LogP contribution in [0.4, 0.5) is 9.18 Å². The number of likely N-dealkylation sites (tertiary alicyclic amines) is 2. The molecule has 0 bridgehead atoms. The minimum Gasteiger partial charge on any atom is -0.453 e. The van der Waals surface area contributed by atoms with E-state index < -0.39 is 0 Å². The average molecular weight is 479 g/mol. The second-order valence-electron chi connectivity index (χ2n) is 8.63. The van der Waals surface area contributed by atoms with Crippen LogP contribution in [0.3, 0.4) is 0 Å². The van der Waals surface area contributed by atoms with Gasteiger partial charge in [-0.1, -0.05) is 0 Å². The lowest BCUT2D eigenvalue weighted by Crippen LogP contribution is -2.45. The fraction of sp³-hybridized carbons (Fsp3) is 0.545. The molecule has 0 spiro atoms. The highest BCUT2D eigenvalue weighted by atomic mass is 35.5. The number of benzene rings is 1. The Morgan fingerprint density at radius 3 is 2.79 bits per heavy atom. The standard InChI is InChI=1S/C22H27FN6O3.ClH/c1-14-18-6-5-16(23)12-19(18)29(25-14)21-24-20(32-26-21)15-7-10-27(11-8-15)13-17-4-3-9-28(17)22(30)31-2;/h5-6,12,15,17H,3-4,7-11,13H2,1-2H3;1H/t17-;/m0./s1. The Balaban J connectivity index is 0.00000259. The number of carbonyl (C=O) groups excluding carboxylic acids is 1. The molecule has 4 heterocycles. The topological polar surface area (TPSA) is 89.5 Å². The Bertz CT molecular complexity index is 1130. The van der Waals surface area contributed by atoms with Gasteiger partial charge in [-0.25, -0.2) is 9.18 Å². The fourth-order valence-corrected chi connectivity index (χ4v) is 4.92. The third kappa shape index (κ3) is 4.54. The second kappa shape index (κ2) is 9.64. The molecule has 1 amide bonds. The van der Waals surface area contributed by atoms with Crippen LogP contribution in [0.5, 0.6) is 0 Å². The summed E-state index contributed by atoms with van der Waals surface area (Å²) in [5.41, 5.74) is 1.41. The molecule has 0 unspecified atom stereocenters. The quantitative estimate of drug-likeness (QED) is 0.565. The molecule has 2 saturated heterocycles. The van der Waals surface area contributed by atoms with Crippen molar-refractivity contribution in [3.63, 3.8) is 0 Å². The maximum absolute atomic E-state index is 13.8. The Hall–Kier alpha value is -2.72. The van der Waals surface area contributed by atoms with Gasteiger partial charge in [-0.2, -0.15) is 14.8 Å². The number of aromatic nitrogens is 4. The van der Waals surface area contributed by atoms with E-state index in [2.05, 4.69) is 20.1 Å². The minimum absolute atomic E-state index is 0. The van der Waals surface area contributed by atoms with Gasteiger partial charge in [-0.05, 0) is 63.0 Å². The van der Waals surface area contributed by atoms with Gasteiger partial charge in [0.2, 0.25) is 5.89 Å². The molecule has 0 aliphatic carbocycles. The molecule has 0 N–H and O–H groups in total. The molecule has 2 aromatic heterocycles. The lowest BCUT2D eigenvalue weighted by atomic mass is 9.96. The largest absolute Gasteiger partial charge is 0.453 e. The zero-order valence-electron chi connectivity index (χ0n) is 18.7. The second-order valence-corrected chi connectivity index (χ2v) is 8.63. The van der Waals surface area contributed by atoms with E-state index in [-0.39, 0.29) is 36.3 Å². The van der Waals surface area contributed by atoms with Crippen LogP contribution in [-0.4, -0.2) is 75.1 Å². The summed E-state index contributed by atoms with van der Waals surface area (Å²) in [6.07, 6.45) is 3.61. The van der Waals surface area contributed by atoms with Crippen LogP contribution in [0.15, 0.2) is 22.7 Å². The normalized spacial score (nSPS) is 19.7. The van der Waals surface area contributed by atoms with Crippen molar-refractivity contribution < 1.29 is 18.4 Å². The first kappa shape index (κ1) is 23.4. The molecule has 0 radical (unpaired) electrons. The van der Waals surface area contributed by atoms with Gasteiger partial charge in [-0.15, -0.1) is 12.4 Å². The van der Waals surface area contributed by atoms with E-state index in [1.54, 1.807) is 6.07 Å². The predicted molar refractivity (Wildman–Crippen MR) is 121 cm³/mol. The van der Waals surface area contributed by atoms with Crippen molar-refractivity contribution >= 4 is 29.4 Å². The van der Waals surface area contributed by atoms with Crippen LogP contribution in [0.2, 0.25) is 0 Å². The molecule has 2 fully saturated rings. The van der Waals surface area contributed by atoms with Crippen molar-refractivity contribution in [2.45, 2.75) is 44.6 Å². The smallest absolute Gasteiger partial charge is 0.409 e. The Morgan fingerprint density at radius 1 is 1.24 bits per heavy atom. The molecule has 5 rings (SSSR count). The van der Waals surface area contributed by atoms with E-state index in [0.29, 0.717) is 17.4 Å². The maximum Gasteiger partial charge on any atom is 0.409 e. The molecule has 2 aliphatic rings. The fourth-order valence-electron chi connectivity index (χ4n) is 4.92. The zero-order chi connectivity index (χ0) is 22.2. The summed E-state index contributed by atoms with van der Waals surface area (Å²) in [4.78, 5) is 20.8. The van der Waals surface area contributed by atoms with E-state index in [1.807, 2.05) is 11.8 Å². The monoisotopic (exact) mass is 478 g/mol. The minimum atomic E-state index is -0.331. The molecular weight excluding hydrogens is 451 g/mol.